The fourth-order valence-electron chi connectivity index (χ4n) is 1.30. The molecule has 0 spiro atoms. The molecule has 1 heterocycles. The van der Waals surface area contributed by atoms with E-state index >= 15 is 0 Å². The molecular formula is C9H9ClIN. The third kappa shape index (κ3) is 1.60. The van der Waals surface area contributed by atoms with Gasteiger partial charge < -0.3 is 5.32 Å². The van der Waals surface area contributed by atoms with Crippen LogP contribution in [0.15, 0.2) is 18.2 Å². The first-order valence-corrected chi connectivity index (χ1v) is 5.41. The Balaban J connectivity index is 2.27. The molecule has 0 bridgehead atoms. The number of hydrogen-bond donors (Lipinski definition) is 1. The molecule has 1 aromatic carbocycles. The molecule has 1 aliphatic rings. The van der Waals surface area contributed by atoms with E-state index in [1.165, 1.54) is 12.0 Å². The first-order valence-electron chi connectivity index (χ1n) is 3.96. The van der Waals surface area contributed by atoms with Crippen molar-refractivity contribution in [3.05, 3.63) is 32.4 Å². The lowest BCUT2D eigenvalue weighted by Gasteiger charge is -2.28. The largest absolute Gasteiger partial charge is 0.310 e. The summed E-state index contributed by atoms with van der Waals surface area (Å²) in [4.78, 5) is 0. The SMILES string of the molecule is Clc1cc(C2CCN2)ccc1I. The van der Waals surface area contributed by atoms with Crippen LogP contribution in [0, 0.1) is 3.57 Å². The van der Waals surface area contributed by atoms with Gasteiger partial charge in [-0.1, -0.05) is 17.7 Å². The van der Waals surface area contributed by atoms with Gasteiger partial charge in [-0.05, 0) is 53.3 Å². The molecule has 1 atom stereocenters. The van der Waals surface area contributed by atoms with E-state index in [2.05, 4.69) is 46.1 Å². The smallest absolute Gasteiger partial charge is 0.0542 e. The van der Waals surface area contributed by atoms with Crippen LogP contribution in [-0.4, -0.2) is 6.54 Å². The summed E-state index contributed by atoms with van der Waals surface area (Å²) in [6, 6.07) is 6.81. The van der Waals surface area contributed by atoms with Gasteiger partial charge in [0.05, 0.1) is 5.02 Å². The predicted octanol–water partition coefficient (Wildman–Crippen LogP) is 2.98. The predicted molar refractivity (Wildman–Crippen MR) is 59.5 cm³/mol. The molecule has 0 saturated carbocycles. The summed E-state index contributed by atoms with van der Waals surface area (Å²) in [6.45, 7) is 1.13. The molecule has 64 valence electrons. The van der Waals surface area contributed by atoms with Gasteiger partial charge in [0.2, 0.25) is 0 Å². The molecule has 1 aromatic rings. The van der Waals surface area contributed by atoms with Crippen LogP contribution in [0.3, 0.4) is 0 Å². The van der Waals surface area contributed by atoms with Crippen molar-refractivity contribution in [3.63, 3.8) is 0 Å². The molecule has 1 aliphatic heterocycles. The van der Waals surface area contributed by atoms with Crippen molar-refractivity contribution in [1.29, 1.82) is 0 Å². The first-order chi connectivity index (χ1) is 5.77. The van der Waals surface area contributed by atoms with Crippen molar-refractivity contribution < 1.29 is 0 Å². The molecule has 12 heavy (non-hydrogen) atoms. The summed E-state index contributed by atoms with van der Waals surface area (Å²) in [7, 11) is 0. The van der Waals surface area contributed by atoms with E-state index in [0.29, 0.717) is 6.04 Å². The normalized spacial score (nSPS) is 22.0. The second kappa shape index (κ2) is 3.52. The minimum absolute atomic E-state index is 0.541. The summed E-state index contributed by atoms with van der Waals surface area (Å²) in [5.41, 5.74) is 1.31. The van der Waals surface area contributed by atoms with Crippen LogP contribution in [0.4, 0.5) is 0 Å². The molecule has 1 N–H and O–H groups in total. The topological polar surface area (TPSA) is 12.0 Å². The lowest BCUT2D eigenvalue weighted by atomic mass is 9.98. The van der Waals surface area contributed by atoms with Crippen molar-refractivity contribution in [2.75, 3.05) is 6.54 Å². The van der Waals surface area contributed by atoms with Gasteiger partial charge in [-0.15, -0.1) is 0 Å². The van der Waals surface area contributed by atoms with E-state index in [4.69, 9.17) is 11.6 Å². The highest BCUT2D eigenvalue weighted by Crippen LogP contribution is 2.27. The third-order valence-corrected chi connectivity index (χ3v) is 3.74. The summed E-state index contributed by atoms with van der Waals surface area (Å²) in [5, 5.41) is 4.21. The Morgan fingerprint density at radius 3 is 2.75 bits per heavy atom. The van der Waals surface area contributed by atoms with Gasteiger partial charge in [0, 0.05) is 9.61 Å². The average molecular weight is 294 g/mol. The Morgan fingerprint density at radius 2 is 2.25 bits per heavy atom. The number of nitrogens with one attached hydrogen (secondary N) is 1. The van der Waals surface area contributed by atoms with Crippen LogP contribution in [0.1, 0.15) is 18.0 Å². The average Bonchev–Trinajstić information content (AvgIpc) is 1.93. The quantitative estimate of drug-likeness (QED) is 0.785. The summed E-state index contributed by atoms with van der Waals surface area (Å²) in [5.74, 6) is 0. The van der Waals surface area contributed by atoms with Gasteiger partial charge in [0.1, 0.15) is 0 Å². The molecule has 0 aromatic heterocycles. The molecule has 1 saturated heterocycles. The van der Waals surface area contributed by atoms with Crippen LogP contribution in [0.2, 0.25) is 5.02 Å². The summed E-state index contributed by atoms with van der Waals surface area (Å²) in [6.07, 6.45) is 1.23. The zero-order valence-corrected chi connectivity index (χ0v) is 9.39. The Bertz CT molecular complexity index is 297. The molecule has 0 radical (unpaired) electrons. The Kier molecular flexibility index (Phi) is 2.57. The van der Waals surface area contributed by atoms with E-state index in [-0.39, 0.29) is 0 Å². The van der Waals surface area contributed by atoms with Gasteiger partial charge in [0.15, 0.2) is 0 Å². The fraction of sp³-hybridized carbons (Fsp3) is 0.333. The maximum absolute atomic E-state index is 6.00. The number of rotatable bonds is 1. The number of hydrogen-bond acceptors (Lipinski definition) is 1. The maximum Gasteiger partial charge on any atom is 0.0542 e. The second-order valence-corrected chi connectivity index (χ2v) is 4.54. The standard InChI is InChI=1S/C9H9ClIN/c10-7-5-6(1-2-8(7)11)9-3-4-12-9/h1-2,5,9,12H,3-4H2. The third-order valence-electron chi connectivity index (χ3n) is 2.17. The molecule has 0 amide bonds. The highest BCUT2D eigenvalue weighted by Gasteiger charge is 2.18. The number of benzene rings is 1. The zero-order chi connectivity index (χ0) is 8.55. The zero-order valence-electron chi connectivity index (χ0n) is 6.48. The molecule has 1 nitrogen and oxygen atoms in total. The van der Waals surface area contributed by atoms with Gasteiger partial charge in [-0.3, -0.25) is 0 Å². The van der Waals surface area contributed by atoms with Crippen molar-refractivity contribution >= 4 is 34.2 Å². The maximum atomic E-state index is 6.00. The van der Waals surface area contributed by atoms with Crippen LogP contribution in [-0.2, 0) is 0 Å². The highest BCUT2D eigenvalue weighted by molar-refractivity contribution is 14.1. The molecule has 1 unspecified atom stereocenters. The molecule has 0 aliphatic carbocycles. The monoisotopic (exact) mass is 293 g/mol. The molecular weight excluding hydrogens is 284 g/mol. The lowest BCUT2D eigenvalue weighted by Crippen LogP contribution is -2.34. The van der Waals surface area contributed by atoms with Crippen LogP contribution >= 0.6 is 34.2 Å². The van der Waals surface area contributed by atoms with Crippen molar-refractivity contribution in [3.8, 4) is 0 Å². The van der Waals surface area contributed by atoms with E-state index in [9.17, 15) is 0 Å². The Labute approximate surface area is 90.6 Å². The van der Waals surface area contributed by atoms with Gasteiger partial charge in [-0.25, -0.2) is 0 Å². The Hall–Kier alpha value is 0.200. The molecule has 1 fully saturated rings. The van der Waals surface area contributed by atoms with Crippen LogP contribution in [0.25, 0.3) is 0 Å². The highest BCUT2D eigenvalue weighted by atomic mass is 127. The Morgan fingerprint density at radius 1 is 1.50 bits per heavy atom. The van der Waals surface area contributed by atoms with Gasteiger partial charge in [0.25, 0.3) is 0 Å². The van der Waals surface area contributed by atoms with E-state index < -0.39 is 0 Å². The minimum atomic E-state index is 0.541. The van der Waals surface area contributed by atoms with Crippen molar-refractivity contribution in [2.45, 2.75) is 12.5 Å². The van der Waals surface area contributed by atoms with Crippen molar-refractivity contribution in [1.82, 2.24) is 5.32 Å². The lowest BCUT2D eigenvalue weighted by molar-refractivity contribution is 0.383. The van der Waals surface area contributed by atoms with E-state index in [1.807, 2.05) is 0 Å². The fourth-order valence-corrected chi connectivity index (χ4v) is 1.83. The van der Waals surface area contributed by atoms with Crippen molar-refractivity contribution in [2.24, 2.45) is 0 Å². The number of halogens is 2. The summed E-state index contributed by atoms with van der Waals surface area (Å²) < 4.78 is 1.12. The van der Waals surface area contributed by atoms with Gasteiger partial charge in [-0.2, -0.15) is 0 Å². The molecule has 2 rings (SSSR count). The first kappa shape index (κ1) is 8.78. The molecule has 3 heteroatoms. The van der Waals surface area contributed by atoms with Crippen LogP contribution < -0.4 is 5.32 Å². The second-order valence-electron chi connectivity index (χ2n) is 2.97. The van der Waals surface area contributed by atoms with E-state index in [0.717, 1.165) is 15.1 Å². The van der Waals surface area contributed by atoms with Gasteiger partial charge >= 0.3 is 0 Å². The minimum Gasteiger partial charge on any atom is -0.310 e. The van der Waals surface area contributed by atoms with Crippen LogP contribution in [0.5, 0.6) is 0 Å². The summed E-state index contributed by atoms with van der Waals surface area (Å²) >= 11 is 8.25. The van der Waals surface area contributed by atoms with E-state index in [1.54, 1.807) is 0 Å².